The fourth-order valence-corrected chi connectivity index (χ4v) is 1.51. The molecule has 0 bridgehead atoms. The largest absolute Gasteiger partial charge is 0.480 e. The number of rotatable bonds is 6. The zero-order valence-corrected chi connectivity index (χ0v) is 13.2. The van der Waals surface area contributed by atoms with Gasteiger partial charge in [0.25, 0.3) is 0 Å². The summed E-state index contributed by atoms with van der Waals surface area (Å²) in [5.41, 5.74) is -0.491. The number of ether oxygens (including phenoxy) is 1. The van der Waals surface area contributed by atoms with Crippen LogP contribution in [-0.4, -0.2) is 41.4 Å². The molecule has 0 radical (unpaired) electrons. The van der Waals surface area contributed by atoms with Crippen molar-refractivity contribution in [2.24, 2.45) is 0 Å². The number of urea groups is 1. The third-order valence-corrected chi connectivity index (χ3v) is 2.28. The highest BCUT2D eigenvalue weighted by molar-refractivity contribution is 9.11. The molecule has 0 aromatic rings. The van der Waals surface area contributed by atoms with Crippen LogP contribution in [0.4, 0.5) is 4.79 Å². The molecule has 0 aliphatic rings. The van der Waals surface area contributed by atoms with Gasteiger partial charge in [-0.2, -0.15) is 0 Å². The number of aliphatic carboxylic acids is 1. The number of nitrogens with one attached hydrogen (secondary N) is 2. The molecule has 2 atom stereocenters. The van der Waals surface area contributed by atoms with Crippen LogP contribution in [0.5, 0.6) is 0 Å². The molecule has 0 aromatic carbocycles. The molecule has 6 nitrogen and oxygen atoms in total. The van der Waals surface area contributed by atoms with Gasteiger partial charge in [-0.3, -0.25) is 0 Å². The monoisotopic (exact) mass is 336 g/mol. The third-order valence-electron chi connectivity index (χ3n) is 2.00. The molecule has 110 valence electrons. The maximum atomic E-state index is 11.5. The highest BCUT2D eigenvalue weighted by Crippen LogP contribution is 2.13. The van der Waals surface area contributed by atoms with Crippen molar-refractivity contribution < 1.29 is 19.4 Å². The van der Waals surface area contributed by atoms with Crippen LogP contribution in [0.1, 0.15) is 27.7 Å². The fourth-order valence-electron chi connectivity index (χ4n) is 1.37. The lowest BCUT2D eigenvalue weighted by Gasteiger charge is -2.29. The Morgan fingerprint density at radius 1 is 1.42 bits per heavy atom. The van der Waals surface area contributed by atoms with E-state index in [1.807, 2.05) is 20.8 Å². The quantitative estimate of drug-likeness (QED) is 0.690. The second-order valence-electron chi connectivity index (χ2n) is 5.10. The summed E-state index contributed by atoms with van der Waals surface area (Å²) < 4.78 is 6.13. The molecule has 0 heterocycles. The van der Waals surface area contributed by atoms with Gasteiger partial charge in [0, 0.05) is 4.48 Å². The zero-order chi connectivity index (χ0) is 15.2. The first-order chi connectivity index (χ1) is 8.53. The van der Waals surface area contributed by atoms with Gasteiger partial charge >= 0.3 is 12.0 Å². The molecule has 7 heteroatoms. The van der Waals surface area contributed by atoms with Crippen molar-refractivity contribution in [3.63, 3.8) is 0 Å². The SMILES string of the molecule is C=C(Br)CNC(=O)N[C@H](C(=O)O)[C@@H](C)OC(C)(C)C. The molecule has 2 amide bonds. The average Bonchev–Trinajstić information content (AvgIpc) is 2.19. The summed E-state index contributed by atoms with van der Waals surface area (Å²) in [7, 11) is 0. The molecule has 3 N–H and O–H groups in total. The number of carboxylic acids is 1. The fraction of sp³-hybridized carbons (Fsp3) is 0.667. The predicted molar refractivity (Wildman–Crippen MR) is 76.3 cm³/mol. The molecule has 19 heavy (non-hydrogen) atoms. The summed E-state index contributed by atoms with van der Waals surface area (Å²) in [6, 6.07) is -1.71. The van der Waals surface area contributed by atoms with Crippen LogP contribution in [0.2, 0.25) is 0 Å². The van der Waals surface area contributed by atoms with E-state index >= 15 is 0 Å². The van der Waals surface area contributed by atoms with Crippen molar-refractivity contribution in [1.29, 1.82) is 0 Å². The molecule has 0 saturated carbocycles. The van der Waals surface area contributed by atoms with E-state index < -0.39 is 29.7 Å². The smallest absolute Gasteiger partial charge is 0.328 e. The number of carboxylic acid groups (broad SMARTS) is 1. The van der Waals surface area contributed by atoms with Crippen molar-refractivity contribution in [3.8, 4) is 0 Å². The van der Waals surface area contributed by atoms with Gasteiger partial charge in [0.2, 0.25) is 0 Å². The number of halogens is 1. The van der Waals surface area contributed by atoms with E-state index in [1.54, 1.807) is 6.92 Å². The lowest BCUT2D eigenvalue weighted by Crippen LogP contribution is -2.53. The molecule has 0 spiro atoms. The summed E-state index contributed by atoms with van der Waals surface area (Å²) in [6.07, 6.45) is -0.657. The van der Waals surface area contributed by atoms with E-state index in [0.29, 0.717) is 4.48 Å². The molecule has 0 rings (SSSR count). The Balaban J connectivity index is 4.53. The van der Waals surface area contributed by atoms with Crippen LogP contribution in [0.25, 0.3) is 0 Å². The Bertz CT molecular complexity index is 352. The maximum absolute atomic E-state index is 11.5. The first kappa shape index (κ1) is 17.9. The minimum absolute atomic E-state index is 0.215. The lowest BCUT2D eigenvalue weighted by molar-refractivity contribution is -0.146. The van der Waals surface area contributed by atoms with Gasteiger partial charge in [-0.05, 0) is 27.7 Å². The van der Waals surface area contributed by atoms with E-state index in [-0.39, 0.29) is 6.54 Å². The highest BCUT2D eigenvalue weighted by atomic mass is 79.9. The van der Waals surface area contributed by atoms with Crippen LogP contribution < -0.4 is 10.6 Å². The van der Waals surface area contributed by atoms with Crippen molar-refractivity contribution in [2.75, 3.05) is 6.54 Å². The van der Waals surface area contributed by atoms with Gasteiger partial charge in [0.1, 0.15) is 0 Å². The molecular formula is C12H21BrN2O4. The van der Waals surface area contributed by atoms with Crippen LogP contribution in [0.3, 0.4) is 0 Å². The molecule has 0 saturated heterocycles. The number of carbonyl (C=O) groups is 2. The van der Waals surface area contributed by atoms with Crippen LogP contribution in [0, 0.1) is 0 Å². The molecular weight excluding hydrogens is 316 g/mol. The van der Waals surface area contributed by atoms with E-state index in [1.165, 1.54) is 0 Å². The van der Waals surface area contributed by atoms with E-state index in [4.69, 9.17) is 9.84 Å². The van der Waals surface area contributed by atoms with Gasteiger partial charge in [-0.15, -0.1) is 0 Å². The van der Waals surface area contributed by atoms with Gasteiger partial charge in [-0.1, -0.05) is 22.5 Å². The highest BCUT2D eigenvalue weighted by Gasteiger charge is 2.30. The predicted octanol–water partition coefficient (Wildman–Crippen LogP) is 1.85. The molecule has 0 aliphatic carbocycles. The van der Waals surface area contributed by atoms with E-state index in [9.17, 15) is 9.59 Å². The van der Waals surface area contributed by atoms with Crippen LogP contribution in [-0.2, 0) is 9.53 Å². The van der Waals surface area contributed by atoms with E-state index in [2.05, 4.69) is 33.1 Å². The Morgan fingerprint density at radius 3 is 2.32 bits per heavy atom. The van der Waals surface area contributed by atoms with Crippen molar-refractivity contribution in [1.82, 2.24) is 10.6 Å². The standard InChI is InChI=1S/C12H21BrN2O4/c1-7(13)6-14-11(18)15-9(10(16)17)8(2)19-12(3,4)5/h8-9H,1,6H2,2-5H3,(H,16,17)(H2,14,15,18)/t8-,9+/m1/s1. The Hall–Kier alpha value is -1.08. The van der Waals surface area contributed by atoms with Gasteiger partial charge in [-0.25, -0.2) is 9.59 Å². The first-order valence-corrected chi connectivity index (χ1v) is 6.60. The maximum Gasteiger partial charge on any atom is 0.328 e. The molecule has 0 unspecified atom stereocenters. The molecule has 0 aliphatic heterocycles. The average molecular weight is 337 g/mol. The molecule has 0 fully saturated rings. The number of amides is 2. The van der Waals surface area contributed by atoms with Crippen molar-refractivity contribution >= 4 is 27.9 Å². The molecule has 0 aromatic heterocycles. The number of carbonyl (C=O) groups excluding carboxylic acids is 1. The Morgan fingerprint density at radius 2 is 1.95 bits per heavy atom. The van der Waals surface area contributed by atoms with Gasteiger partial charge < -0.3 is 20.5 Å². The summed E-state index contributed by atoms with van der Waals surface area (Å²) >= 11 is 3.09. The minimum Gasteiger partial charge on any atom is -0.480 e. The minimum atomic E-state index is -1.15. The van der Waals surface area contributed by atoms with E-state index in [0.717, 1.165) is 0 Å². The summed E-state index contributed by atoms with van der Waals surface area (Å²) in [4.78, 5) is 22.7. The second-order valence-corrected chi connectivity index (χ2v) is 6.22. The normalized spacial score (nSPS) is 14.4. The van der Waals surface area contributed by atoms with Crippen molar-refractivity contribution in [2.45, 2.75) is 45.4 Å². The summed E-state index contributed by atoms with van der Waals surface area (Å²) in [5, 5.41) is 13.9. The van der Waals surface area contributed by atoms with Crippen LogP contribution in [0.15, 0.2) is 11.1 Å². The first-order valence-electron chi connectivity index (χ1n) is 5.81. The van der Waals surface area contributed by atoms with Crippen LogP contribution >= 0.6 is 15.9 Å². The second kappa shape index (κ2) is 7.49. The number of hydrogen-bond donors (Lipinski definition) is 3. The summed E-state index contributed by atoms with van der Waals surface area (Å²) in [5.74, 6) is -1.15. The topological polar surface area (TPSA) is 87.7 Å². The zero-order valence-electron chi connectivity index (χ0n) is 11.6. The summed E-state index contributed by atoms with van der Waals surface area (Å²) in [6.45, 7) is 10.8. The van der Waals surface area contributed by atoms with Crippen molar-refractivity contribution in [3.05, 3.63) is 11.1 Å². The van der Waals surface area contributed by atoms with Gasteiger partial charge in [0.15, 0.2) is 6.04 Å². The van der Waals surface area contributed by atoms with Gasteiger partial charge in [0.05, 0.1) is 18.2 Å². The lowest BCUT2D eigenvalue weighted by atomic mass is 10.1. The Kier molecular flexibility index (Phi) is 7.07. The third kappa shape index (κ3) is 8.61. The number of hydrogen-bond acceptors (Lipinski definition) is 3. The Labute approximate surface area is 121 Å².